The first kappa shape index (κ1) is 9.55. The Kier molecular flexibility index (Phi) is 3.12. The van der Waals surface area contributed by atoms with Crippen LogP contribution in [0.2, 0.25) is 10.0 Å². The minimum absolute atomic E-state index is 0.000494. The maximum atomic E-state index is 11.7. The van der Waals surface area contributed by atoms with Crippen LogP contribution in [0.15, 0.2) is 18.2 Å². The van der Waals surface area contributed by atoms with Crippen LogP contribution >= 0.6 is 23.2 Å². The van der Waals surface area contributed by atoms with Gasteiger partial charge in [0, 0.05) is 0 Å². The summed E-state index contributed by atoms with van der Waals surface area (Å²) in [6.45, 7) is -2.89. The van der Waals surface area contributed by atoms with Crippen molar-refractivity contribution in [3.05, 3.63) is 28.2 Å². The highest BCUT2D eigenvalue weighted by atomic mass is 35.5. The third kappa shape index (κ3) is 2.22. The molecule has 0 amide bonds. The molecule has 5 heteroatoms. The molecule has 0 radical (unpaired) electrons. The van der Waals surface area contributed by atoms with E-state index in [2.05, 4.69) is 4.74 Å². The van der Waals surface area contributed by atoms with Gasteiger partial charge in [-0.15, -0.1) is 0 Å². The number of hydrogen-bond donors (Lipinski definition) is 0. The lowest BCUT2D eigenvalue weighted by Crippen LogP contribution is -2.02. The Morgan fingerprint density at radius 1 is 1.25 bits per heavy atom. The smallest absolute Gasteiger partial charge is 0.387 e. The van der Waals surface area contributed by atoms with Crippen LogP contribution in [-0.2, 0) is 0 Å². The van der Waals surface area contributed by atoms with Gasteiger partial charge in [0.25, 0.3) is 0 Å². The minimum atomic E-state index is -2.89. The summed E-state index contributed by atoms with van der Waals surface area (Å²) in [5.41, 5.74) is 0. The van der Waals surface area contributed by atoms with Gasteiger partial charge in [0.2, 0.25) is 0 Å². The monoisotopic (exact) mass is 212 g/mol. The van der Waals surface area contributed by atoms with Gasteiger partial charge in [-0.25, -0.2) is 0 Å². The van der Waals surface area contributed by atoms with Crippen molar-refractivity contribution in [3.8, 4) is 5.75 Å². The summed E-state index contributed by atoms with van der Waals surface area (Å²) in [6, 6.07) is 4.29. The van der Waals surface area contributed by atoms with E-state index in [1.165, 1.54) is 18.2 Å². The summed E-state index contributed by atoms with van der Waals surface area (Å²) < 4.78 is 27.5. The van der Waals surface area contributed by atoms with Crippen LogP contribution in [0.5, 0.6) is 5.75 Å². The van der Waals surface area contributed by atoms with E-state index in [4.69, 9.17) is 23.2 Å². The van der Waals surface area contributed by atoms with Crippen LogP contribution in [0.1, 0.15) is 0 Å². The van der Waals surface area contributed by atoms with E-state index >= 15 is 0 Å². The summed E-state index contributed by atoms with van der Waals surface area (Å²) in [5, 5.41) is 0.189. The van der Waals surface area contributed by atoms with Crippen molar-refractivity contribution in [2.75, 3.05) is 0 Å². The van der Waals surface area contributed by atoms with Gasteiger partial charge in [0.1, 0.15) is 10.8 Å². The molecule has 66 valence electrons. The molecule has 0 heterocycles. The topological polar surface area (TPSA) is 9.23 Å². The van der Waals surface area contributed by atoms with E-state index in [0.29, 0.717) is 0 Å². The molecule has 0 fully saturated rings. The van der Waals surface area contributed by atoms with Crippen molar-refractivity contribution in [2.45, 2.75) is 6.61 Å². The molecule has 0 saturated carbocycles. The van der Waals surface area contributed by atoms with Gasteiger partial charge in [-0.2, -0.15) is 8.78 Å². The second kappa shape index (κ2) is 3.92. The molecule has 0 aliphatic rings. The normalized spacial score (nSPS) is 10.4. The standard InChI is InChI=1S/C7H4Cl2F2O/c8-4-2-1-3-5(6(4)9)12-7(10)11/h1-3,7H. The van der Waals surface area contributed by atoms with Crippen molar-refractivity contribution in [3.63, 3.8) is 0 Å². The average Bonchev–Trinajstić information content (AvgIpc) is 1.98. The number of ether oxygens (including phenoxy) is 1. The molecule has 1 nitrogen and oxygen atoms in total. The van der Waals surface area contributed by atoms with E-state index in [1.807, 2.05) is 0 Å². The molecular weight excluding hydrogens is 209 g/mol. The Hall–Kier alpha value is -0.540. The van der Waals surface area contributed by atoms with Gasteiger partial charge >= 0.3 is 6.61 Å². The molecule has 1 rings (SSSR count). The fraction of sp³-hybridized carbons (Fsp3) is 0.143. The van der Waals surface area contributed by atoms with Gasteiger partial charge < -0.3 is 4.74 Å². The predicted octanol–water partition coefficient (Wildman–Crippen LogP) is 3.59. The molecular formula is C7H4Cl2F2O. The molecule has 12 heavy (non-hydrogen) atoms. The predicted molar refractivity (Wildman–Crippen MR) is 43.1 cm³/mol. The fourth-order valence-electron chi connectivity index (χ4n) is 0.671. The lowest BCUT2D eigenvalue weighted by molar-refractivity contribution is -0.0497. The highest BCUT2D eigenvalue weighted by molar-refractivity contribution is 6.42. The largest absolute Gasteiger partial charge is 0.433 e. The summed E-state index contributed by atoms with van der Waals surface area (Å²) >= 11 is 11.1. The highest BCUT2D eigenvalue weighted by Gasteiger charge is 2.09. The molecule has 0 aliphatic heterocycles. The van der Waals surface area contributed by atoms with Gasteiger partial charge in [-0.05, 0) is 12.1 Å². The molecule has 0 unspecified atom stereocenters. The fourth-order valence-corrected chi connectivity index (χ4v) is 1.01. The Bertz CT molecular complexity index is 278. The van der Waals surface area contributed by atoms with Crippen LogP contribution in [0.4, 0.5) is 8.78 Å². The Labute approximate surface area is 77.8 Å². The van der Waals surface area contributed by atoms with E-state index in [0.717, 1.165) is 0 Å². The van der Waals surface area contributed by atoms with Crippen molar-refractivity contribution >= 4 is 23.2 Å². The van der Waals surface area contributed by atoms with Crippen molar-refractivity contribution in [2.24, 2.45) is 0 Å². The molecule has 1 aromatic rings. The zero-order valence-electron chi connectivity index (χ0n) is 5.73. The summed E-state index contributed by atoms with van der Waals surface area (Å²) in [5.74, 6) is -0.112. The molecule has 1 aromatic carbocycles. The average molecular weight is 213 g/mol. The molecule has 0 spiro atoms. The Balaban J connectivity index is 2.92. The summed E-state index contributed by atoms with van der Waals surface area (Å²) in [4.78, 5) is 0. The second-order valence-electron chi connectivity index (χ2n) is 1.93. The third-order valence-corrected chi connectivity index (χ3v) is 1.93. The number of benzene rings is 1. The Morgan fingerprint density at radius 2 is 1.92 bits per heavy atom. The number of halogens is 4. The number of hydrogen-bond acceptors (Lipinski definition) is 1. The quantitative estimate of drug-likeness (QED) is 0.729. The molecule has 0 saturated heterocycles. The zero-order chi connectivity index (χ0) is 9.14. The van der Waals surface area contributed by atoms with E-state index < -0.39 is 6.61 Å². The molecule has 0 bridgehead atoms. The van der Waals surface area contributed by atoms with E-state index in [9.17, 15) is 8.78 Å². The van der Waals surface area contributed by atoms with Crippen molar-refractivity contribution in [1.82, 2.24) is 0 Å². The van der Waals surface area contributed by atoms with Crippen molar-refractivity contribution in [1.29, 1.82) is 0 Å². The van der Waals surface area contributed by atoms with Gasteiger partial charge in [-0.1, -0.05) is 29.3 Å². The first-order valence-corrected chi connectivity index (χ1v) is 3.75. The van der Waals surface area contributed by atoms with E-state index in [1.54, 1.807) is 0 Å². The van der Waals surface area contributed by atoms with Gasteiger partial charge in [0.15, 0.2) is 0 Å². The number of rotatable bonds is 2. The van der Waals surface area contributed by atoms with Crippen LogP contribution in [0.25, 0.3) is 0 Å². The molecule has 0 aromatic heterocycles. The third-order valence-electron chi connectivity index (χ3n) is 1.13. The minimum Gasteiger partial charge on any atom is -0.433 e. The first-order chi connectivity index (χ1) is 5.61. The lowest BCUT2D eigenvalue weighted by Gasteiger charge is -2.06. The maximum absolute atomic E-state index is 11.7. The van der Waals surface area contributed by atoms with Crippen LogP contribution < -0.4 is 4.74 Å². The first-order valence-electron chi connectivity index (χ1n) is 3.00. The van der Waals surface area contributed by atoms with Gasteiger partial charge in [-0.3, -0.25) is 0 Å². The maximum Gasteiger partial charge on any atom is 0.387 e. The van der Waals surface area contributed by atoms with Crippen LogP contribution in [0.3, 0.4) is 0 Å². The SMILES string of the molecule is FC(F)Oc1cccc(Cl)c1Cl. The lowest BCUT2D eigenvalue weighted by atomic mass is 10.3. The molecule has 0 N–H and O–H groups in total. The number of alkyl halides is 2. The molecule has 0 atom stereocenters. The van der Waals surface area contributed by atoms with Crippen LogP contribution in [-0.4, -0.2) is 6.61 Å². The summed E-state index contributed by atoms with van der Waals surface area (Å²) in [7, 11) is 0. The zero-order valence-corrected chi connectivity index (χ0v) is 7.24. The highest BCUT2D eigenvalue weighted by Crippen LogP contribution is 2.32. The van der Waals surface area contributed by atoms with Gasteiger partial charge in [0.05, 0.1) is 5.02 Å². The second-order valence-corrected chi connectivity index (χ2v) is 2.72. The molecule has 0 aliphatic carbocycles. The van der Waals surface area contributed by atoms with Crippen LogP contribution in [0, 0.1) is 0 Å². The van der Waals surface area contributed by atoms with Crippen molar-refractivity contribution < 1.29 is 13.5 Å². The van der Waals surface area contributed by atoms with E-state index in [-0.39, 0.29) is 15.8 Å². The Morgan fingerprint density at radius 3 is 2.50 bits per heavy atom. The summed E-state index contributed by atoms with van der Waals surface area (Å²) in [6.07, 6.45) is 0.